The van der Waals surface area contributed by atoms with Crippen LogP contribution in [0.4, 0.5) is 5.69 Å². The summed E-state index contributed by atoms with van der Waals surface area (Å²) >= 11 is 0. The summed E-state index contributed by atoms with van der Waals surface area (Å²) in [5, 5.41) is 19.9. The molecule has 0 radical (unpaired) electrons. The van der Waals surface area contributed by atoms with Crippen molar-refractivity contribution in [3.63, 3.8) is 0 Å². The van der Waals surface area contributed by atoms with Crippen LogP contribution in [-0.4, -0.2) is 28.5 Å². The van der Waals surface area contributed by atoms with Gasteiger partial charge in [0.15, 0.2) is 0 Å². The first-order chi connectivity index (χ1) is 7.63. The Balaban J connectivity index is 0.00000289. The van der Waals surface area contributed by atoms with Crippen LogP contribution in [-0.2, 0) is 4.65 Å². The van der Waals surface area contributed by atoms with Crippen molar-refractivity contribution in [2.45, 2.75) is 38.9 Å². The van der Waals surface area contributed by atoms with Crippen molar-refractivity contribution in [3.05, 3.63) is 24.3 Å². The molecular weight excluding hydrogens is 252 g/mol. The van der Waals surface area contributed by atoms with Gasteiger partial charge in [-0.3, -0.25) is 0 Å². The van der Waals surface area contributed by atoms with Crippen LogP contribution in [0.3, 0.4) is 0 Å². The van der Waals surface area contributed by atoms with Gasteiger partial charge in [-0.15, -0.1) is 12.4 Å². The molecule has 0 saturated heterocycles. The SMILES string of the molecule is CC(C)(O)C(C)(C)OB(O)c1ccc(N)cc1.Cl. The van der Waals surface area contributed by atoms with Gasteiger partial charge in [-0.1, -0.05) is 12.1 Å². The maximum Gasteiger partial charge on any atom is 0.491 e. The first kappa shape index (κ1) is 17.3. The Bertz CT molecular complexity index is 376. The molecule has 0 bridgehead atoms. The number of halogens is 1. The van der Waals surface area contributed by atoms with Gasteiger partial charge in [-0.25, -0.2) is 0 Å². The molecule has 0 fully saturated rings. The zero-order chi connectivity index (χ0) is 13.3. The molecule has 0 atom stereocenters. The van der Waals surface area contributed by atoms with Gasteiger partial charge in [0.25, 0.3) is 0 Å². The molecule has 0 heterocycles. The molecule has 0 amide bonds. The fraction of sp³-hybridized carbons (Fsp3) is 0.500. The predicted molar refractivity (Wildman–Crippen MR) is 77.2 cm³/mol. The van der Waals surface area contributed by atoms with Crippen molar-refractivity contribution >= 4 is 30.7 Å². The Kier molecular flexibility index (Phi) is 5.69. The van der Waals surface area contributed by atoms with Crippen LogP contribution in [0.5, 0.6) is 0 Å². The van der Waals surface area contributed by atoms with Crippen LogP contribution < -0.4 is 11.2 Å². The third-order valence-corrected chi connectivity index (χ3v) is 3.10. The quantitative estimate of drug-likeness (QED) is 0.564. The summed E-state index contributed by atoms with van der Waals surface area (Å²) in [5.41, 5.74) is 4.88. The molecule has 0 aliphatic heterocycles. The summed E-state index contributed by atoms with van der Waals surface area (Å²) in [6.45, 7) is 6.74. The smallest absolute Gasteiger partial charge is 0.423 e. The van der Waals surface area contributed by atoms with Crippen LogP contribution in [0.15, 0.2) is 24.3 Å². The van der Waals surface area contributed by atoms with Gasteiger partial charge < -0.3 is 20.5 Å². The van der Waals surface area contributed by atoms with Crippen molar-refractivity contribution in [2.24, 2.45) is 0 Å². The van der Waals surface area contributed by atoms with E-state index >= 15 is 0 Å². The minimum Gasteiger partial charge on any atom is -0.423 e. The number of rotatable bonds is 4. The summed E-state index contributed by atoms with van der Waals surface area (Å²) < 4.78 is 5.49. The summed E-state index contributed by atoms with van der Waals surface area (Å²) in [5.74, 6) is 0. The van der Waals surface area contributed by atoms with E-state index in [1.165, 1.54) is 0 Å². The summed E-state index contributed by atoms with van der Waals surface area (Å²) in [4.78, 5) is 0. The van der Waals surface area contributed by atoms with Gasteiger partial charge in [-0.2, -0.15) is 0 Å². The van der Waals surface area contributed by atoms with E-state index in [0.717, 1.165) is 0 Å². The van der Waals surface area contributed by atoms with E-state index in [4.69, 9.17) is 10.4 Å². The third kappa shape index (κ3) is 4.17. The van der Waals surface area contributed by atoms with E-state index in [0.29, 0.717) is 11.2 Å². The maximum absolute atomic E-state index is 9.94. The molecule has 0 saturated carbocycles. The van der Waals surface area contributed by atoms with E-state index in [2.05, 4.69) is 0 Å². The highest BCUT2D eigenvalue weighted by Crippen LogP contribution is 2.25. The highest BCUT2D eigenvalue weighted by molar-refractivity contribution is 6.60. The van der Waals surface area contributed by atoms with Gasteiger partial charge in [0, 0.05) is 5.69 Å². The number of hydrogen-bond acceptors (Lipinski definition) is 4. The highest BCUT2D eigenvalue weighted by Gasteiger charge is 2.39. The van der Waals surface area contributed by atoms with E-state index in [9.17, 15) is 10.1 Å². The van der Waals surface area contributed by atoms with Gasteiger partial charge in [0.2, 0.25) is 0 Å². The molecule has 18 heavy (non-hydrogen) atoms. The molecule has 6 heteroatoms. The lowest BCUT2D eigenvalue weighted by molar-refractivity contribution is -0.0982. The van der Waals surface area contributed by atoms with Crippen molar-refractivity contribution in [1.82, 2.24) is 0 Å². The Morgan fingerprint density at radius 2 is 1.56 bits per heavy atom. The Labute approximate surface area is 115 Å². The Morgan fingerprint density at radius 3 is 1.94 bits per heavy atom. The second-order valence-corrected chi connectivity index (χ2v) is 5.21. The molecule has 1 aromatic rings. The third-order valence-electron chi connectivity index (χ3n) is 3.10. The molecule has 4 nitrogen and oxygen atoms in total. The Hall–Kier alpha value is -0.745. The number of nitrogens with two attached hydrogens (primary N) is 1. The number of anilines is 1. The fourth-order valence-corrected chi connectivity index (χ4v) is 1.15. The first-order valence-corrected chi connectivity index (χ1v) is 5.57. The minimum absolute atomic E-state index is 0. The number of hydrogen-bond donors (Lipinski definition) is 3. The summed E-state index contributed by atoms with van der Waals surface area (Å²) in [6.07, 6.45) is 0. The molecule has 0 unspecified atom stereocenters. The summed E-state index contributed by atoms with van der Waals surface area (Å²) in [7, 11) is -1.09. The molecule has 102 valence electrons. The van der Waals surface area contributed by atoms with Crippen LogP contribution in [0.1, 0.15) is 27.7 Å². The van der Waals surface area contributed by atoms with Gasteiger partial charge in [-0.05, 0) is 45.3 Å². The lowest BCUT2D eigenvalue weighted by Gasteiger charge is -2.38. The van der Waals surface area contributed by atoms with Crippen LogP contribution >= 0.6 is 12.4 Å². The molecule has 0 spiro atoms. The topological polar surface area (TPSA) is 75.7 Å². The predicted octanol–water partition coefficient (Wildman–Crippen LogP) is 0.944. The molecule has 0 aliphatic rings. The lowest BCUT2D eigenvalue weighted by atomic mass is 9.76. The highest BCUT2D eigenvalue weighted by atomic mass is 35.5. The zero-order valence-electron chi connectivity index (χ0n) is 11.2. The minimum atomic E-state index is -1.09. The molecule has 1 rings (SSSR count). The second-order valence-electron chi connectivity index (χ2n) is 5.21. The summed E-state index contributed by atoms with van der Waals surface area (Å²) in [6, 6.07) is 6.78. The normalized spacial score (nSPS) is 11.9. The van der Waals surface area contributed by atoms with Crippen molar-refractivity contribution in [3.8, 4) is 0 Å². The van der Waals surface area contributed by atoms with E-state index in [-0.39, 0.29) is 12.4 Å². The van der Waals surface area contributed by atoms with Crippen LogP contribution in [0, 0.1) is 0 Å². The van der Waals surface area contributed by atoms with Crippen LogP contribution in [0.25, 0.3) is 0 Å². The number of nitrogen functional groups attached to an aromatic ring is 1. The standard InChI is InChI=1S/C12H20BNO3.ClH/c1-11(2,15)12(3,4)17-13(16)9-5-7-10(14)8-6-9;/h5-8,15-16H,14H2,1-4H3;1H. The first-order valence-electron chi connectivity index (χ1n) is 5.57. The zero-order valence-corrected chi connectivity index (χ0v) is 12.0. The largest absolute Gasteiger partial charge is 0.491 e. The fourth-order valence-electron chi connectivity index (χ4n) is 1.15. The van der Waals surface area contributed by atoms with Gasteiger partial charge in [0.05, 0.1) is 11.2 Å². The molecular formula is C12H21BClNO3. The average Bonchev–Trinajstić information content (AvgIpc) is 2.16. The second kappa shape index (κ2) is 5.93. The number of benzene rings is 1. The van der Waals surface area contributed by atoms with E-state index in [1.807, 2.05) is 0 Å². The Morgan fingerprint density at radius 1 is 1.11 bits per heavy atom. The maximum atomic E-state index is 9.94. The monoisotopic (exact) mass is 273 g/mol. The van der Waals surface area contributed by atoms with Crippen molar-refractivity contribution in [1.29, 1.82) is 0 Å². The molecule has 0 aliphatic carbocycles. The van der Waals surface area contributed by atoms with E-state index in [1.54, 1.807) is 52.0 Å². The molecule has 0 aromatic heterocycles. The molecule has 1 aromatic carbocycles. The molecule has 4 N–H and O–H groups in total. The van der Waals surface area contributed by atoms with Gasteiger partial charge in [0.1, 0.15) is 0 Å². The van der Waals surface area contributed by atoms with Gasteiger partial charge >= 0.3 is 7.12 Å². The average molecular weight is 274 g/mol. The van der Waals surface area contributed by atoms with Crippen LogP contribution in [0.2, 0.25) is 0 Å². The lowest BCUT2D eigenvalue weighted by Crippen LogP contribution is -2.53. The van der Waals surface area contributed by atoms with Crippen molar-refractivity contribution in [2.75, 3.05) is 5.73 Å². The van der Waals surface area contributed by atoms with Crippen molar-refractivity contribution < 1.29 is 14.8 Å². The van der Waals surface area contributed by atoms with E-state index < -0.39 is 18.3 Å². The number of aliphatic hydroxyl groups is 1.